The van der Waals surface area contributed by atoms with Gasteiger partial charge in [-0.25, -0.2) is 0 Å². The van der Waals surface area contributed by atoms with Crippen LogP contribution < -0.4 is 4.90 Å². The Kier molecular flexibility index (Phi) is 2.44. The number of hydrogen-bond acceptors (Lipinski definition) is 3. The third-order valence-electron chi connectivity index (χ3n) is 3.76. The van der Waals surface area contributed by atoms with Crippen LogP contribution in [0.15, 0.2) is 52.9 Å². The molecule has 0 spiro atoms. The van der Waals surface area contributed by atoms with Gasteiger partial charge >= 0.3 is 0 Å². The Hall–Kier alpha value is -2.88. The predicted molar refractivity (Wildman–Crippen MR) is 78.6 cm³/mol. The van der Waals surface area contributed by atoms with E-state index in [2.05, 4.69) is 0 Å². The summed E-state index contributed by atoms with van der Waals surface area (Å²) in [7, 11) is 0. The number of hydrogen-bond donors (Lipinski definition) is 0. The molecule has 4 rings (SSSR count). The van der Waals surface area contributed by atoms with Crippen molar-refractivity contribution in [2.75, 3.05) is 4.90 Å². The maximum atomic E-state index is 12.6. The van der Waals surface area contributed by atoms with Crippen molar-refractivity contribution in [3.63, 3.8) is 0 Å². The van der Waals surface area contributed by atoms with E-state index < -0.39 is 0 Å². The Balaban J connectivity index is 1.80. The summed E-state index contributed by atoms with van der Waals surface area (Å²) in [4.78, 5) is 24.9. The minimum Gasteiger partial charge on any atom is -0.456 e. The minimum absolute atomic E-state index is 0.0362. The topological polar surface area (TPSA) is 50.5 Å². The van der Waals surface area contributed by atoms with E-state index in [1.807, 2.05) is 36.4 Å². The van der Waals surface area contributed by atoms with Gasteiger partial charge < -0.3 is 9.32 Å². The van der Waals surface area contributed by atoms with Crippen molar-refractivity contribution in [2.24, 2.45) is 0 Å². The second kappa shape index (κ2) is 4.31. The predicted octanol–water partition coefficient (Wildman–Crippen LogP) is 3.41. The van der Waals surface area contributed by atoms with Crippen LogP contribution >= 0.6 is 0 Å². The largest absolute Gasteiger partial charge is 0.456 e. The molecule has 0 aliphatic carbocycles. The average molecular weight is 277 g/mol. The van der Waals surface area contributed by atoms with Gasteiger partial charge in [-0.1, -0.05) is 24.3 Å². The van der Waals surface area contributed by atoms with E-state index in [4.69, 9.17) is 4.42 Å². The molecule has 0 atom stereocenters. The van der Waals surface area contributed by atoms with Crippen molar-refractivity contribution in [1.29, 1.82) is 0 Å². The number of anilines is 1. The Morgan fingerprint density at radius 2 is 1.86 bits per heavy atom. The molecule has 0 fully saturated rings. The van der Waals surface area contributed by atoms with E-state index in [9.17, 15) is 9.59 Å². The summed E-state index contributed by atoms with van der Waals surface area (Å²) in [6.45, 7) is 0.320. The summed E-state index contributed by atoms with van der Waals surface area (Å²) in [5.74, 6) is 0.827. The zero-order chi connectivity index (χ0) is 14.4. The van der Waals surface area contributed by atoms with Gasteiger partial charge in [0.05, 0.1) is 12.2 Å². The number of nitrogens with zero attached hydrogens (tertiary/aromatic N) is 1. The maximum Gasteiger partial charge on any atom is 0.259 e. The summed E-state index contributed by atoms with van der Waals surface area (Å²) < 4.78 is 5.38. The first-order valence-electron chi connectivity index (χ1n) is 6.65. The van der Waals surface area contributed by atoms with Crippen molar-refractivity contribution < 1.29 is 14.0 Å². The minimum atomic E-state index is -0.0362. The smallest absolute Gasteiger partial charge is 0.259 e. The molecular weight excluding hydrogens is 266 g/mol. The molecule has 102 valence electrons. The standard InChI is InChI=1S/C17H11NO3/c19-10-13-8-7-12(21-13)9-18-15-6-2-4-11-3-1-5-14(16(11)15)17(18)20/h1-8,10H,9H2. The van der Waals surface area contributed by atoms with Gasteiger partial charge in [-0.15, -0.1) is 0 Å². The number of carbonyl (C=O) groups excluding carboxylic acids is 2. The maximum absolute atomic E-state index is 12.6. The van der Waals surface area contributed by atoms with Crippen LogP contribution in [0.2, 0.25) is 0 Å². The molecule has 1 aliphatic heterocycles. The zero-order valence-corrected chi connectivity index (χ0v) is 11.1. The summed E-state index contributed by atoms with van der Waals surface area (Å²) in [5.41, 5.74) is 1.60. The molecule has 21 heavy (non-hydrogen) atoms. The molecule has 1 aromatic heterocycles. The molecule has 1 aliphatic rings. The first kappa shape index (κ1) is 11.9. The quantitative estimate of drug-likeness (QED) is 0.689. The third kappa shape index (κ3) is 1.69. The van der Waals surface area contributed by atoms with E-state index in [-0.39, 0.29) is 11.7 Å². The molecule has 0 saturated heterocycles. The Morgan fingerprint density at radius 3 is 2.62 bits per heavy atom. The highest BCUT2D eigenvalue weighted by Crippen LogP contribution is 2.37. The molecule has 3 aromatic rings. The molecule has 0 saturated carbocycles. The van der Waals surface area contributed by atoms with Crippen molar-refractivity contribution in [3.8, 4) is 0 Å². The number of carbonyl (C=O) groups is 2. The van der Waals surface area contributed by atoms with Gasteiger partial charge in [0.2, 0.25) is 0 Å². The van der Waals surface area contributed by atoms with Crippen LogP contribution in [-0.2, 0) is 6.54 Å². The van der Waals surface area contributed by atoms with Gasteiger partial charge in [-0.05, 0) is 29.7 Å². The van der Waals surface area contributed by atoms with Gasteiger partial charge in [0.25, 0.3) is 5.91 Å². The molecule has 2 aromatic carbocycles. The lowest BCUT2D eigenvalue weighted by molar-refractivity contribution is 0.0989. The van der Waals surface area contributed by atoms with Crippen LogP contribution in [0.1, 0.15) is 26.7 Å². The van der Waals surface area contributed by atoms with Crippen LogP contribution in [0.4, 0.5) is 5.69 Å². The van der Waals surface area contributed by atoms with Crippen LogP contribution in [0, 0.1) is 0 Å². The summed E-state index contributed by atoms with van der Waals surface area (Å²) in [5, 5.41) is 2.03. The summed E-state index contributed by atoms with van der Waals surface area (Å²) >= 11 is 0. The monoisotopic (exact) mass is 277 g/mol. The highest BCUT2D eigenvalue weighted by atomic mass is 16.3. The molecule has 1 amide bonds. The van der Waals surface area contributed by atoms with Gasteiger partial charge in [-0.3, -0.25) is 9.59 Å². The highest BCUT2D eigenvalue weighted by Gasteiger charge is 2.30. The molecule has 2 heterocycles. The van der Waals surface area contributed by atoms with E-state index in [0.29, 0.717) is 24.2 Å². The molecule has 4 nitrogen and oxygen atoms in total. The molecule has 4 heteroatoms. The molecule has 0 unspecified atom stereocenters. The normalized spacial score (nSPS) is 13.1. The Labute approximate surface area is 120 Å². The summed E-state index contributed by atoms with van der Waals surface area (Å²) in [6, 6.07) is 14.9. The van der Waals surface area contributed by atoms with E-state index in [1.54, 1.807) is 17.0 Å². The molecule has 0 bridgehead atoms. The Bertz CT molecular complexity index is 873. The second-order valence-corrected chi connectivity index (χ2v) is 4.99. The number of rotatable bonds is 3. The number of benzene rings is 2. The summed E-state index contributed by atoms with van der Waals surface area (Å²) in [6.07, 6.45) is 0.658. The lowest BCUT2D eigenvalue weighted by Crippen LogP contribution is -2.25. The van der Waals surface area contributed by atoms with E-state index in [0.717, 1.165) is 16.5 Å². The fraction of sp³-hybridized carbons (Fsp3) is 0.0588. The van der Waals surface area contributed by atoms with Gasteiger partial charge in [0.15, 0.2) is 12.0 Å². The molecular formula is C17H11NO3. The number of aldehydes is 1. The fourth-order valence-corrected chi connectivity index (χ4v) is 2.83. The van der Waals surface area contributed by atoms with Crippen molar-refractivity contribution in [2.45, 2.75) is 6.54 Å². The van der Waals surface area contributed by atoms with Gasteiger partial charge in [0.1, 0.15) is 5.76 Å². The first-order valence-corrected chi connectivity index (χ1v) is 6.65. The van der Waals surface area contributed by atoms with Gasteiger partial charge in [-0.2, -0.15) is 0 Å². The van der Waals surface area contributed by atoms with Crippen LogP contribution in [-0.4, -0.2) is 12.2 Å². The van der Waals surface area contributed by atoms with Crippen LogP contribution in [0.5, 0.6) is 0 Å². The SMILES string of the molecule is O=Cc1ccc(CN2C(=O)c3cccc4cccc2c34)o1. The zero-order valence-electron chi connectivity index (χ0n) is 11.1. The Morgan fingerprint density at radius 1 is 1.05 bits per heavy atom. The number of furan rings is 1. The van der Waals surface area contributed by atoms with E-state index in [1.165, 1.54) is 0 Å². The first-order chi connectivity index (χ1) is 10.3. The van der Waals surface area contributed by atoms with E-state index >= 15 is 0 Å². The number of amides is 1. The van der Waals surface area contributed by atoms with Crippen LogP contribution in [0.25, 0.3) is 10.8 Å². The highest BCUT2D eigenvalue weighted by molar-refractivity contribution is 6.24. The van der Waals surface area contributed by atoms with Crippen molar-refractivity contribution in [1.82, 2.24) is 0 Å². The molecule has 0 radical (unpaired) electrons. The average Bonchev–Trinajstić information content (AvgIpc) is 3.08. The van der Waals surface area contributed by atoms with Gasteiger partial charge in [0, 0.05) is 10.9 Å². The van der Waals surface area contributed by atoms with Crippen molar-refractivity contribution >= 4 is 28.7 Å². The second-order valence-electron chi connectivity index (χ2n) is 4.99. The lowest BCUT2D eigenvalue weighted by Gasteiger charge is -2.15. The molecule has 0 N–H and O–H groups in total. The van der Waals surface area contributed by atoms with Crippen molar-refractivity contribution in [3.05, 3.63) is 65.6 Å². The lowest BCUT2D eigenvalue weighted by atomic mass is 10.1. The third-order valence-corrected chi connectivity index (χ3v) is 3.76. The van der Waals surface area contributed by atoms with Crippen LogP contribution in [0.3, 0.4) is 0 Å². The fourth-order valence-electron chi connectivity index (χ4n) is 2.83.